The summed E-state index contributed by atoms with van der Waals surface area (Å²) < 4.78 is 7.22. The highest BCUT2D eigenvalue weighted by molar-refractivity contribution is 5.94. The molecule has 1 amide bonds. The van der Waals surface area contributed by atoms with Crippen molar-refractivity contribution < 1.29 is 9.21 Å². The van der Waals surface area contributed by atoms with Gasteiger partial charge in [0.2, 0.25) is 0 Å². The molecule has 0 atom stereocenters. The first kappa shape index (κ1) is 19.3. The monoisotopic (exact) mass is 413 g/mol. The van der Waals surface area contributed by atoms with Crippen molar-refractivity contribution in [2.45, 2.75) is 6.54 Å². The Kier molecular flexibility index (Phi) is 5.33. The zero-order valence-corrected chi connectivity index (χ0v) is 17.1. The third-order valence-electron chi connectivity index (χ3n) is 5.49. The molecule has 0 bridgehead atoms. The first-order valence-electron chi connectivity index (χ1n) is 10.4. The fraction of sp³-hybridized carbons (Fsp3) is 0.208. The smallest absolute Gasteiger partial charge is 0.272 e. The Morgan fingerprint density at radius 2 is 1.81 bits per heavy atom. The molecule has 4 aromatic rings. The number of rotatable bonds is 5. The summed E-state index contributed by atoms with van der Waals surface area (Å²) in [7, 11) is 0. The summed E-state index contributed by atoms with van der Waals surface area (Å²) in [5.74, 6) is 0.625. The van der Waals surface area contributed by atoms with Gasteiger partial charge in [-0.15, -0.1) is 0 Å². The van der Waals surface area contributed by atoms with Gasteiger partial charge in [0.1, 0.15) is 11.4 Å². The average molecular weight is 413 g/mol. The largest absolute Gasteiger partial charge is 0.463 e. The van der Waals surface area contributed by atoms with E-state index in [2.05, 4.69) is 21.0 Å². The van der Waals surface area contributed by atoms with E-state index in [-0.39, 0.29) is 5.91 Å². The second-order valence-electron chi connectivity index (χ2n) is 7.57. The van der Waals surface area contributed by atoms with Crippen molar-refractivity contribution in [3.63, 3.8) is 0 Å². The zero-order valence-electron chi connectivity index (χ0n) is 17.1. The summed E-state index contributed by atoms with van der Waals surface area (Å²) in [5, 5.41) is 4.67. The number of piperazine rings is 1. The molecule has 1 aliphatic heterocycles. The van der Waals surface area contributed by atoms with E-state index in [0.29, 0.717) is 30.2 Å². The van der Waals surface area contributed by atoms with E-state index < -0.39 is 0 Å². The normalized spacial score (nSPS) is 14.6. The minimum absolute atomic E-state index is 0.0183. The number of carbonyl (C=O) groups excluding carboxylic acids is 1. The van der Waals surface area contributed by atoms with Gasteiger partial charge in [0.05, 0.1) is 12.0 Å². The van der Waals surface area contributed by atoms with Crippen molar-refractivity contribution in [1.82, 2.24) is 24.6 Å². The Hall–Kier alpha value is -3.71. The topological polar surface area (TPSA) is 67.4 Å². The van der Waals surface area contributed by atoms with Gasteiger partial charge < -0.3 is 9.32 Å². The highest BCUT2D eigenvalue weighted by atomic mass is 16.3. The second kappa shape index (κ2) is 8.57. The number of carbonyl (C=O) groups is 1. The van der Waals surface area contributed by atoms with Crippen LogP contribution in [0.5, 0.6) is 0 Å². The Morgan fingerprint density at radius 3 is 2.52 bits per heavy atom. The van der Waals surface area contributed by atoms with Crippen LogP contribution in [-0.4, -0.2) is 56.7 Å². The third-order valence-corrected chi connectivity index (χ3v) is 5.49. The van der Waals surface area contributed by atoms with Gasteiger partial charge in [0.15, 0.2) is 5.76 Å². The van der Waals surface area contributed by atoms with E-state index in [4.69, 9.17) is 4.42 Å². The number of benzene rings is 1. The van der Waals surface area contributed by atoms with Crippen molar-refractivity contribution in [2.24, 2.45) is 0 Å². The van der Waals surface area contributed by atoms with Crippen LogP contribution in [-0.2, 0) is 6.54 Å². The van der Waals surface area contributed by atoms with Crippen molar-refractivity contribution in [1.29, 1.82) is 0 Å². The van der Waals surface area contributed by atoms with Crippen LogP contribution in [0, 0.1) is 0 Å². The minimum Gasteiger partial charge on any atom is -0.463 e. The van der Waals surface area contributed by atoms with Crippen LogP contribution < -0.4 is 0 Å². The molecule has 1 aromatic carbocycles. The maximum absolute atomic E-state index is 13.4. The lowest BCUT2D eigenvalue weighted by molar-refractivity contribution is 0.0619. The summed E-state index contributed by atoms with van der Waals surface area (Å²) >= 11 is 0. The van der Waals surface area contributed by atoms with E-state index >= 15 is 0 Å². The maximum Gasteiger partial charge on any atom is 0.272 e. The molecule has 3 aromatic heterocycles. The van der Waals surface area contributed by atoms with E-state index in [0.717, 1.165) is 25.3 Å². The molecule has 0 N–H and O–H groups in total. The summed E-state index contributed by atoms with van der Waals surface area (Å²) in [5.41, 5.74) is 3.22. The molecule has 1 fully saturated rings. The van der Waals surface area contributed by atoms with E-state index in [1.807, 2.05) is 65.7 Å². The van der Waals surface area contributed by atoms with Gasteiger partial charge in [0.25, 0.3) is 5.91 Å². The first-order chi connectivity index (χ1) is 15.3. The van der Waals surface area contributed by atoms with Gasteiger partial charge in [-0.25, -0.2) is 4.68 Å². The molecular formula is C24H23N5O2. The number of furan rings is 1. The van der Waals surface area contributed by atoms with Crippen LogP contribution in [0.3, 0.4) is 0 Å². The van der Waals surface area contributed by atoms with Crippen molar-refractivity contribution in [2.75, 3.05) is 26.2 Å². The van der Waals surface area contributed by atoms with Gasteiger partial charge in [-0.05, 0) is 35.9 Å². The highest BCUT2D eigenvalue weighted by Gasteiger charge is 2.26. The fourth-order valence-electron chi connectivity index (χ4n) is 3.87. The molecule has 156 valence electrons. The average Bonchev–Trinajstić information content (AvgIpc) is 3.51. The molecule has 1 aliphatic rings. The van der Waals surface area contributed by atoms with Crippen LogP contribution in [0.1, 0.15) is 16.1 Å². The van der Waals surface area contributed by atoms with E-state index in [9.17, 15) is 4.79 Å². The summed E-state index contributed by atoms with van der Waals surface area (Å²) in [6.07, 6.45) is 5.29. The minimum atomic E-state index is -0.0183. The van der Waals surface area contributed by atoms with Gasteiger partial charge in [-0.1, -0.05) is 24.3 Å². The first-order valence-corrected chi connectivity index (χ1v) is 10.4. The van der Waals surface area contributed by atoms with Crippen LogP contribution in [0.25, 0.3) is 17.1 Å². The quantitative estimate of drug-likeness (QED) is 0.501. The molecule has 7 nitrogen and oxygen atoms in total. The number of amides is 1. The van der Waals surface area contributed by atoms with Gasteiger partial charge >= 0.3 is 0 Å². The van der Waals surface area contributed by atoms with E-state index in [1.165, 1.54) is 5.56 Å². The third kappa shape index (κ3) is 4.13. The Labute approximate surface area is 180 Å². The molecule has 0 aliphatic carbocycles. The van der Waals surface area contributed by atoms with Gasteiger partial charge in [-0.3, -0.25) is 14.7 Å². The molecule has 0 radical (unpaired) electrons. The summed E-state index contributed by atoms with van der Waals surface area (Å²) in [6.45, 7) is 3.85. The molecule has 0 unspecified atom stereocenters. The lowest BCUT2D eigenvalue weighted by Crippen LogP contribution is -2.48. The van der Waals surface area contributed by atoms with Gasteiger partial charge in [0, 0.05) is 51.2 Å². The predicted octanol–water partition coefficient (Wildman–Crippen LogP) is 3.49. The Balaban J connectivity index is 1.35. The zero-order chi connectivity index (χ0) is 21.0. The molecule has 0 saturated carbocycles. The summed E-state index contributed by atoms with van der Waals surface area (Å²) in [6, 6.07) is 19.2. The second-order valence-corrected chi connectivity index (χ2v) is 7.57. The molecule has 31 heavy (non-hydrogen) atoms. The molecule has 7 heteroatoms. The Morgan fingerprint density at radius 1 is 0.968 bits per heavy atom. The number of aromatic nitrogens is 3. The lowest BCUT2D eigenvalue weighted by Gasteiger charge is -2.34. The van der Waals surface area contributed by atoms with Crippen LogP contribution in [0.4, 0.5) is 0 Å². The number of hydrogen-bond acceptors (Lipinski definition) is 5. The molecule has 1 saturated heterocycles. The van der Waals surface area contributed by atoms with Crippen LogP contribution in [0.15, 0.2) is 83.7 Å². The molecule has 0 spiro atoms. The van der Waals surface area contributed by atoms with Crippen molar-refractivity contribution in [3.05, 3.63) is 90.6 Å². The predicted molar refractivity (Wildman–Crippen MR) is 117 cm³/mol. The molecule has 4 heterocycles. The SMILES string of the molecule is O=C(c1cc(-c2ccco2)nn1-c1ccccc1)N1CCN(Cc2cccnc2)CC1. The number of para-hydroxylation sites is 1. The highest BCUT2D eigenvalue weighted by Crippen LogP contribution is 2.23. The summed E-state index contributed by atoms with van der Waals surface area (Å²) in [4.78, 5) is 21.9. The van der Waals surface area contributed by atoms with Crippen molar-refractivity contribution in [3.8, 4) is 17.1 Å². The molecular weight excluding hydrogens is 390 g/mol. The number of nitrogens with zero attached hydrogens (tertiary/aromatic N) is 5. The maximum atomic E-state index is 13.4. The number of hydrogen-bond donors (Lipinski definition) is 0. The van der Waals surface area contributed by atoms with Crippen LogP contribution >= 0.6 is 0 Å². The number of pyridine rings is 1. The standard InChI is InChI=1S/C24H23N5O2/c30-24(28-13-11-27(12-14-28)18-19-6-4-10-25-17-19)22-16-21(23-9-5-15-31-23)26-29(22)20-7-2-1-3-8-20/h1-10,15-17H,11-14,18H2. The van der Waals surface area contributed by atoms with Crippen molar-refractivity contribution >= 4 is 5.91 Å². The fourth-order valence-corrected chi connectivity index (χ4v) is 3.87. The van der Waals surface area contributed by atoms with Gasteiger partial charge in [-0.2, -0.15) is 5.10 Å². The van der Waals surface area contributed by atoms with Crippen LogP contribution in [0.2, 0.25) is 0 Å². The van der Waals surface area contributed by atoms with E-state index in [1.54, 1.807) is 17.1 Å². The Bertz CT molecular complexity index is 1130. The lowest BCUT2D eigenvalue weighted by atomic mass is 10.2. The molecule has 5 rings (SSSR count).